The molecule has 0 saturated carbocycles. The molecule has 0 aliphatic carbocycles. The van der Waals surface area contributed by atoms with Crippen LogP contribution in [0.15, 0.2) is 29.1 Å². The van der Waals surface area contributed by atoms with Crippen LogP contribution in [-0.4, -0.2) is 40.5 Å². The van der Waals surface area contributed by atoms with E-state index in [4.69, 9.17) is 14.9 Å². The third-order valence-corrected chi connectivity index (χ3v) is 5.28. The molecule has 0 spiro atoms. The lowest BCUT2D eigenvalue weighted by molar-refractivity contribution is -0.158. The van der Waals surface area contributed by atoms with Crippen molar-refractivity contribution in [1.82, 2.24) is 9.55 Å². The molecule has 8 heteroatoms. The highest BCUT2D eigenvalue weighted by Crippen LogP contribution is 2.22. The largest absolute Gasteiger partial charge is 0.476 e. The standard InChI is InChI=1S/C25H36N4O4/c1-7-11-20(26)21-22(27-6)23(30)29(17(3)28-21)15-10-13-18-12-9-14-19(16-18)33-25(4,5)24(31)32-8-2/h9,12,14,16,26-27H,7-8,10-11,13,15H2,1-6H3. The summed E-state index contributed by atoms with van der Waals surface area (Å²) in [6, 6.07) is 7.60. The Hall–Kier alpha value is -3.16. The Bertz CT molecular complexity index is 1040. The fourth-order valence-electron chi connectivity index (χ4n) is 3.58. The lowest BCUT2D eigenvalue weighted by Crippen LogP contribution is -2.39. The number of nitrogens with one attached hydrogen (secondary N) is 2. The van der Waals surface area contributed by atoms with Crippen molar-refractivity contribution in [3.63, 3.8) is 0 Å². The number of hydrogen-bond donors (Lipinski definition) is 2. The Morgan fingerprint density at radius 1 is 1.27 bits per heavy atom. The molecule has 8 nitrogen and oxygen atoms in total. The van der Waals surface area contributed by atoms with Crippen LogP contribution in [0.25, 0.3) is 0 Å². The van der Waals surface area contributed by atoms with Gasteiger partial charge in [-0.2, -0.15) is 0 Å². The summed E-state index contributed by atoms with van der Waals surface area (Å²) >= 11 is 0. The zero-order valence-corrected chi connectivity index (χ0v) is 20.6. The van der Waals surface area contributed by atoms with Crippen LogP contribution in [0.4, 0.5) is 5.69 Å². The maximum absolute atomic E-state index is 13.0. The van der Waals surface area contributed by atoms with Gasteiger partial charge in [-0.3, -0.25) is 9.36 Å². The zero-order valence-electron chi connectivity index (χ0n) is 20.6. The van der Waals surface area contributed by atoms with Gasteiger partial charge in [-0.15, -0.1) is 0 Å². The van der Waals surface area contributed by atoms with Crippen molar-refractivity contribution in [1.29, 1.82) is 5.41 Å². The van der Waals surface area contributed by atoms with Crippen LogP contribution in [-0.2, 0) is 22.5 Å². The molecule has 0 aliphatic heterocycles. The summed E-state index contributed by atoms with van der Waals surface area (Å²) in [6.07, 6.45) is 2.86. The second kappa shape index (κ2) is 11.6. The minimum absolute atomic E-state index is 0.158. The van der Waals surface area contributed by atoms with Gasteiger partial charge in [0.25, 0.3) is 5.56 Å². The first kappa shape index (κ1) is 26.1. The number of carbonyl (C=O) groups is 1. The summed E-state index contributed by atoms with van der Waals surface area (Å²) in [5.41, 5.74) is 0.983. The summed E-state index contributed by atoms with van der Waals surface area (Å²) in [5.74, 6) is 0.786. The van der Waals surface area contributed by atoms with Crippen molar-refractivity contribution < 1.29 is 14.3 Å². The van der Waals surface area contributed by atoms with E-state index in [0.29, 0.717) is 48.2 Å². The molecular weight excluding hydrogens is 420 g/mol. The van der Waals surface area contributed by atoms with Gasteiger partial charge < -0.3 is 20.2 Å². The average Bonchev–Trinajstić information content (AvgIpc) is 2.76. The highest BCUT2D eigenvalue weighted by Gasteiger charge is 2.31. The summed E-state index contributed by atoms with van der Waals surface area (Å²) in [7, 11) is 1.68. The number of nitrogens with zero attached hydrogens (tertiary/aromatic N) is 2. The second-order valence-corrected chi connectivity index (χ2v) is 8.40. The SMILES string of the molecule is CCCC(=N)c1nc(C)n(CCCc2cccc(OC(C)(C)C(=O)OCC)c2)c(=O)c1NC. The maximum atomic E-state index is 13.0. The Morgan fingerprint density at radius 2 is 2.00 bits per heavy atom. The first-order chi connectivity index (χ1) is 15.6. The van der Waals surface area contributed by atoms with E-state index < -0.39 is 11.6 Å². The third kappa shape index (κ3) is 6.66. The summed E-state index contributed by atoms with van der Waals surface area (Å²) in [6.45, 7) is 9.74. The molecule has 0 unspecified atom stereocenters. The van der Waals surface area contributed by atoms with E-state index in [-0.39, 0.29) is 5.56 Å². The molecule has 180 valence electrons. The van der Waals surface area contributed by atoms with Gasteiger partial charge in [0.1, 0.15) is 23.0 Å². The second-order valence-electron chi connectivity index (χ2n) is 8.40. The number of rotatable bonds is 12. The van der Waals surface area contributed by atoms with E-state index in [1.54, 1.807) is 39.3 Å². The van der Waals surface area contributed by atoms with Crippen molar-refractivity contribution >= 4 is 17.4 Å². The fraction of sp³-hybridized carbons (Fsp3) is 0.520. The zero-order chi connectivity index (χ0) is 24.6. The van der Waals surface area contributed by atoms with Crippen molar-refractivity contribution in [2.24, 2.45) is 0 Å². The van der Waals surface area contributed by atoms with Gasteiger partial charge in [-0.25, -0.2) is 9.78 Å². The Balaban J connectivity index is 2.12. The number of carbonyl (C=O) groups excluding carboxylic acids is 1. The predicted octanol–water partition coefficient (Wildman–Crippen LogP) is 4.11. The van der Waals surface area contributed by atoms with Crippen LogP contribution in [0.3, 0.4) is 0 Å². The molecule has 0 atom stereocenters. The average molecular weight is 457 g/mol. The molecule has 2 rings (SSSR count). The lowest BCUT2D eigenvalue weighted by Gasteiger charge is -2.24. The Morgan fingerprint density at radius 3 is 2.64 bits per heavy atom. The monoisotopic (exact) mass is 456 g/mol. The van der Waals surface area contributed by atoms with Gasteiger partial charge in [-0.05, 0) is 64.7 Å². The van der Waals surface area contributed by atoms with E-state index >= 15 is 0 Å². The molecule has 0 aliphatic rings. The number of hydrogen-bond acceptors (Lipinski definition) is 7. The first-order valence-electron chi connectivity index (χ1n) is 11.5. The lowest BCUT2D eigenvalue weighted by atomic mass is 10.1. The topological polar surface area (TPSA) is 106 Å². The summed E-state index contributed by atoms with van der Waals surface area (Å²) in [4.78, 5) is 29.7. The minimum Gasteiger partial charge on any atom is -0.476 e. The molecule has 0 saturated heterocycles. The summed E-state index contributed by atoms with van der Waals surface area (Å²) < 4.78 is 12.6. The minimum atomic E-state index is -1.08. The molecule has 1 heterocycles. The molecular formula is C25H36N4O4. The van der Waals surface area contributed by atoms with Gasteiger partial charge in [0.05, 0.1) is 12.3 Å². The third-order valence-electron chi connectivity index (χ3n) is 5.28. The van der Waals surface area contributed by atoms with Gasteiger partial charge in [0.2, 0.25) is 0 Å². The smallest absolute Gasteiger partial charge is 0.349 e. The number of ether oxygens (including phenoxy) is 2. The van der Waals surface area contributed by atoms with Gasteiger partial charge >= 0.3 is 5.97 Å². The maximum Gasteiger partial charge on any atom is 0.349 e. The van der Waals surface area contributed by atoms with E-state index in [2.05, 4.69) is 10.3 Å². The van der Waals surface area contributed by atoms with Crippen LogP contribution >= 0.6 is 0 Å². The van der Waals surface area contributed by atoms with E-state index in [1.807, 2.05) is 31.2 Å². The van der Waals surface area contributed by atoms with Gasteiger partial charge in [0, 0.05) is 13.6 Å². The number of esters is 1. The molecule has 2 aromatic rings. The van der Waals surface area contributed by atoms with Crippen LogP contribution in [0.2, 0.25) is 0 Å². The quantitative estimate of drug-likeness (QED) is 0.368. The Kier molecular flexibility index (Phi) is 9.20. The highest BCUT2D eigenvalue weighted by molar-refractivity contribution is 6.00. The highest BCUT2D eigenvalue weighted by atomic mass is 16.6. The van der Waals surface area contributed by atoms with Crippen LogP contribution in [0, 0.1) is 12.3 Å². The van der Waals surface area contributed by atoms with Gasteiger partial charge in [-0.1, -0.05) is 25.5 Å². The molecule has 0 bridgehead atoms. The normalized spacial score (nSPS) is 11.2. The molecule has 0 radical (unpaired) electrons. The first-order valence-corrected chi connectivity index (χ1v) is 11.5. The number of anilines is 1. The number of aromatic nitrogens is 2. The molecule has 1 aromatic heterocycles. The van der Waals surface area contributed by atoms with E-state index in [9.17, 15) is 9.59 Å². The van der Waals surface area contributed by atoms with Gasteiger partial charge in [0.15, 0.2) is 5.60 Å². The van der Waals surface area contributed by atoms with Crippen molar-refractivity contribution in [2.45, 2.75) is 72.4 Å². The van der Waals surface area contributed by atoms with E-state index in [1.165, 1.54) is 0 Å². The van der Waals surface area contributed by atoms with E-state index in [0.717, 1.165) is 24.8 Å². The van der Waals surface area contributed by atoms with Crippen molar-refractivity contribution in [3.05, 3.63) is 51.7 Å². The van der Waals surface area contributed by atoms with Crippen LogP contribution in [0.5, 0.6) is 5.75 Å². The van der Waals surface area contributed by atoms with Crippen LogP contribution < -0.4 is 15.6 Å². The Labute approximate surface area is 195 Å². The van der Waals surface area contributed by atoms with Crippen molar-refractivity contribution in [3.8, 4) is 5.75 Å². The molecule has 33 heavy (non-hydrogen) atoms. The van der Waals surface area contributed by atoms with Crippen LogP contribution in [0.1, 0.15) is 64.0 Å². The number of aryl methyl sites for hydroxylation is 2. The fourth-order valence-corrected chi connectivity index (χ4v) is 3.58. The molecule has 0 fully saturated rings. The molecule has 1 aromatic carbocycles. The molecule has 2 N–H and O–H groups in total. The summed E-state index contributed by atoms with van der Waals surface area (Å²) in [5, 5.41) is 11.2. The number of benzene rings is 1. The predicted molar refractivity (Wildman–Crippen MR) is 131 cm³/mol. The van der Waals surface area contributed by atoms with Crippen molar-refractivity contribution in [2.75, 3.05) is 19.0 Å². The molecule has 0 amide bonds.